The van der Waals surface area contributed by atoms with Gasteiger partial charge in [-0.3, -0.25) is 24.0 Å². The van der Waals surface area contributed by atoms with Crippen LogP contribution in [0.3, 0.4) is 0 Å². The van der Waals surface area contributed by atoms with Crippen LogP contribution in [0.15, 0.2) is 54.6 Å². The number of likely N-dealkylation sites (tertiary alicyclic amines) is 1. The number of carbonyl (C=O) groups is 8. The van der Waals surface area contributed by atoms with Crippen LogP contribution in [0, 0.1) is 17.8 Å². The Morgan fingerprint density at radius 1 is 0.676 bits per heavy atom. The van der Waals surface area contributed by atoms with Crippen molar-refractivity contribution in [2.45, 2.75) is 195 Å². The molecule has 1 saturated heterocycles. The van der Waals surface area contributed by atoms with Crippen molar-refractivity contribution in [2.24, 2.45) is 17.8 Å². The molecule has 7 amide bonds. The molecule has 0 unspecified atom stereocenters. The second-order valence-electron chi connectivity index (χ2n) is 21.8. The number of amides is 7. The van der Waals surface area contributed by atoms with E-state index in [2.05, 4.69) is 31.9 Å². The molecule has 0 aliphatic carbocycles. The van der Waals surface area contributed by atoms with Crippen molar-refractivity contribution in [2.75, 3.05) is 13.1 Å². The molecule has 1 aliphatic heterocycles. The van der Waals surface area contributed by atoms with Crippen molar-refractivity contribution >= 4 is 47.7 Å². The summed E-state index contributed by atoms with van der Waals surface area (Å²) in [5.41, 5.74) is 0.236. The van der Waals surface area contributed by atoms with Crippen molar-refractivity contribution in [1.29, 1.82) is 0 Å². The van der Waals surface area contributed by atoms with E-state index in [1.807, 2.05) is 54.5 Å². The number of unbranched alkanes of at least 4 members (excludes halogenated alkanes) is 1. The molecule has 2 aromatic carbocycles. The summed E-state index contributed by atoms with van der Waals surface area (Å²) in [6.07, 6.45) is 1.31. The third kappa shape index (κ3) is 21.6. The summed E-state index contributed by atoms with van der Waals surface area (Å²) in [6.45, 7) is 22.3. The molecule has 0 bridgehead atoms. The molecule has 0 spiro atoms. The number of aliphatic carboxylic acids is 1. The lowest BCUT2D eigenvalue weighted by Crippen LogP contribution is -2.61. The number of ether oxygens (including phenoxy) is 3. The molecule has 0 saturated carbocycles. The maximum atomic E-state index is 14.7. The Bertz CT molecular complexity index is 2160. The monoisotopic (exact) mass is 1040 g/mol. The molecule has 7 N–H and O–H groups in total. The number of nitrogens with one attached hydrogen (secondary N) is 6. The fourth-order valence-electron chi connectivity index (χ4n) is 8.24. The summed E-state index contributed by atoms with van der Waals surface area (Å²) in [5, 5.41) is 26.4. The van der Waals surface area contributed by atoms with Crippen LogP contribution in [0.4, 0.5) is 9.59 Å². The van der Waals surface area contributed by atoms with Crippen LogP contribution >= 0.6 is 0 Å². The maximum absolute atomic E-state index is 14.7. The summed E-state index contributed by atoms with van der Waals surface area (Å²) in [4.78, 5) is 111. The number of hydrogen-bond donors (Lipinski definition) is 7. The van der Waals surface area contributed by atoms with E-state index in [-0.39, 0.29) is 51.3 Å². The zero-order valence-electron chi connectivity index (χ0n) is 45.8. The third-order valence-corrected chi connectivity index (χ3v) is 12.6. The largest absolute Gasteiger partial charge is 0.488 e. The van der Waals surface area contributed by atoms with E-state index in [0.29, 0.717) is 43.4 Å². The summed E-state index contributed by atoms with van der Waals surface area (Å²) < 4.78 is 16.8. The van der Waals surface area contributed by atoms with Crippen LogP contribution in [0.25, 0.3) is 0 Å². The molecule has 19 heteroatoms. The highest BCUT2D eigenvalue weighted by atomic mass is 16.6. The van der Waals surface area contributed by atoms with Gasteiger partial charge in [-0.15, -0.1) is 0 Å². The SMILES string of the molecule is CC[C@H](C)[C@H](NC(=O)[C@H](Cc1ccc(OC(C)(C)C)cc1)NC(=O)[C@@H]1CCCN1C(=O)[C@@H](NC(=O)[C@H](CCCCNC(=O)OC(C)(C)C)NC(=O)OCc1ccccc1)[C@@H](C)CC)C(=O)N[C@@H](CC(C)C)C(=O)O. The van der Waals surface area contributed by atoms with E-state index in [4.69, 9.17) is 14.2 Å². The van der Waals surface area contributed by atoms with Crippen molar-refractivity contribution in [3.63, 3.8) is 0 Å². The highest BCUT2D eigenvalue weighted by molar-refractivity contribution is 5.97. The fourth-order valence-corrected chi connectivity index (χ4v) is 8.24. The minimum absolute atomic E-state index is 0.0151. The third-order valence-electron chi connectivity index (χ3n) is 12.6. The minimum Gasteiger partial charge on any atom is -0.488 e. The number of rotatable bonds is 27. The molecule has 8 atom stereocenters. The molecule has 0 radical (unpaired) electrons. The first-order valence-electron chi connectivity index (χ1n) is 26.2. The number of benzene rings is 2. The Balaban J connectivity index is 1.89. The van der Waals surface area contributed by atoms with Gasteiger partial charge in [0, 0.05) is 19.5 Å². The van der Waals surface area contributed by atoms with Crippen LogP contribution in [0.1, 0.15) is 146 Å². The molecule has 2 aromatic rings. The molecule has 412 valence electrons. The second-order valence-corrected chi connectivity index (χ2v) is 21.8. The van der Waals surface area contributed by atoms with E-state index in [1.54, 1.807) is 83.1 Å². The van der Waals surface area contributed by atoms with Gasteiger partial charge in [0.1, 0.15) is 59.8 Å². The Morgan fingerprint density at radius 2 is 1.28 bits per heavy atom. The summed E-state index contributed by atoms with van der Waals surface area (Å²) in [6, 6.07) is 9.19. The lowest BCUT2D eigenvalue weighted by molar-refractivity contribution is -0.143. The van der Waals surface area contributed by atoms with Gasteiger partial charge in [0.05, 0.1) is 0 Å². The van der Waals surface area contributed by atoms with Crippen molar-refractivity contribution < 1.29 is 57.7 Å². The number of hydrogen-bond acceptors (Lipinski definition) is 11. The van der Waals surface area contributed by atoms with Crippen molar-refractivity contribution in [3.8, 4) is 5.75 Å². The van der Waals surface area contributed by atoms with Crippen LogP contribution in [-0.4, -0.2) is 118 Å². The van der Waals surface area contributed by atoms with Gasteiger partial charge in [-0.2, -0.15) is 0 Å². The van der Waals surface area contributed by atoms with Crippen molar-refractivity contribution in [3.05, 3.63) is 65.7 Å². The van der Waals surface area contributed by atoms with Gasteiger partial charge in [-0.05, 0) is 121 Å². The fraction of sp³-hybridized carbons (Fsp3) is 0.636. The van der Waals surface area contributed by atoms with Gasteiger partial charge < -0.3 is 56.1 Å². The normalized spacial score (nSPS) is 16.5. The summed E-state index contributed by atoms with van der Waals surface area (Å²) in [7, 11) is 0. The average Bonchev–Trinajstić information content (AvgIpc) is 3.83. The summed E-state index contributed by atoms with van der Waals surface area (Å²) in [5.74, 6) is -4.64. The number of carboxylic acid groups (broad SMARTS) is 1. The molecule has 0 aromatic heterocycles. The van der Waals surface area contributed by atoms with E-state index in [0.717, 1.165) is 5.56 Å². The average molecular weight is 1040 g/mol. The molecular weight excluding hydrogens is 951 g/mol. The Labute approximate surface area is 438 Å². The first kappa shape index (κ1) is 61.9. The quantitative estimate of drug-likeness (QED) is 0.0470. The lowest BCUT2D eigenvalue weighted by atomic mass is 9.95. The first-order valence-corrected chi connectivity index (χ1v) is 26.2. The molecule has 3 rings (SSSR count). The van der Waals surface area contributed by atoms with Gasteiger partial charge in [0.25, 0.3) is 0 Å². The number of carbonyl (C=O) groups excluding carboxylic acids is 7. The predicted octanol–water partition coefficient (Wildman–Crippen LogP) is 6.55. The molecule has 1 aliphatic rings. The molecule has 19 nitrogen and oxygen atoms in total. The Morgan fingerprint density at radius 3 is 1.86 bits per heavy atom. The number of carboxylic acids is 1. The standard InChI is InChI=1S/C55H85N7O12/c1-13-35(5)44(49(66)58-42(51(68)69)31-34(3)4)60-47(64)41(32-37-25-27-39(28-26-37)73-54(7,8)9)57-48(65)43-24-20-30-62(43)50(67)45(36(6)14-2)61-46(63)40(23-18-19-29-56-52(70)74-55(10,11)12)59-53(71)72-33-38-21-16-15-17-22-38/h15-17,21-22,25-28,34-36,40-45H,13-14,18-20,23-24,29-33H2,1-12H3,(H,56,70)(H,57,65)(H,58,66)(H,59,71)(H,60,64)(H,61,63)(H,68,69)/t35-,36-,40-,41-,42-,43-,44-,45-/m0/s1. The van der Waals surface area contributed by atoms with E-state index >= 15 is 0 Å². The highest BCUT2D eigenvalue weighted by Crippen LogP contribution is 2.24. The molecular formula is C55H85N7O12. The zero-order chi connectivity index (χ0) is 55.3. The van der Waals surface area contributed by atoms with Gasteiger partial charge in [-0.1, -0.05) is 96.8 Å². The molecule has 1 heterocycles. The molecule has 74 heavy (non-hydrogen) atoms. The molecule has 1 fully saturated rings. The van der Waals surface area contributed by atoms with Gasteiger partial charge >= 0.3 is 18.2 Å². The maximum Gasteiger partial charge on any atom is 0.408 e. The van der Waals surface area contributed by atoms with Crippen molar-refractivity contribution in [1.82, 2.24) is 36.8 Å². The number of alkyl carbamates (subject to hydrolysis) is 2. The predicted molar refractivity (Wildman–Crippen MR) is 281 cm³/mol. The highest BCUT2D eigenvalue weighted by Gasteiger charge is 2.41. The van der Waals surface area contributed by atoms with Crippen LogP contribution < -0.4 is 36.6 Å². The van der Waals surface area contributed by atoms with Gasteiger partial charge in [-0.25, -0.2) is 14.4 Å². The van der Waals surface area contributed by atoms with E-state index < -0.39 is 107 Å². The number of nitrogens with zero attached hydrogens (tertiary/aromatic N) is 1. The Hall–Kier alpha value is -6.40. The second kappa shape index (κ2) is 29.5. The van der Waals surface area contributed by atoms with E-state index in [9.17, 15) is 43.5 Å². The first-order chi connectivity index (χ1) is 34.7. The van der Waals surface area contributed by atoms with Crippen LogP contribution in [0.2, 0.25) is 0 Å². The summed E-state index contributed by atoms with van der Waals surface area (Å²) >= 11 is 0. The van der Waals surface area contributed by atoms with Crippen LogP contribution in [0.5, 0.6) is 5.75 Å². The van der Waals surface area contributed by atoms with Gasteiger partial charge in [0.15, 0.2) is 0 Å². The lowest BCUT2D eigenvalue weighted by Gasteiger charge is -2.33. The van der Waals surface area contributed by atoms with E-state index in [1.165, 1.54) is 4.90 Å². The Kier molecular flexibility index (Phi) is 24.7. The minimum atomic E-state index is -1.25. The smallest absolute Gasteiger partial charge is 0.408 e. The van der Waals surface area contributed by atoms with Crippen LogP contribution in [-0.2, 0) is 51.3 Å². The van der Waals surface area contributed by atoms with Gasteiger partial charge in [0.2, 0.25) is 29.5 Å². The zero-order valence-corrected chi connectivity index (χ0v) is 45.8. The topological polar surface area (TPSA) is 260 Å².